The zero-order valence-electron chi connectivity index (χ0n) is 54.1. The van der Waals surface area contributed by atoms with E-state index in [1.807, 2.05) is 84.9 Å². The average Bonchev–Trinajstić information content (AvgIpc) is 1.54. The van der Waals surface area contributed by atoms with Crippen molar-refractivity contribution in [3.63, 3.8) is 0 Å². The maximum absolute atomic E-state index is 6.89. The number of H-pyrrole nitrogens is 1. The maximum Gasteiger partial charge on any atom is 0.160 e. The molecule has 0 saturated heterocycles. The van der Waals surface area contributed by atoms with Crippen LogP contribution in [0.15, 0.2) is 341 Å². The highest BCUT2D eigenvalue weighted by atomic mass is 79.9. The smallest absolute Gasteiger partial charge is 0.160 e. The van der Waals surface area contributed by atoms with E-state index in [9.17, 15) is 0 Å². The van der Waals surface area contributed by atoms with Gasteiger partial charge in [0.2, 0.25) is 0 Å². The number of hydrogen-bond donors (Lipinski definition) is 1. The summed E-state index contributed by atoms with van der Waals surface area (Å²) in [6.07, 6.45) is 0. The van der Waals surface area contributed by atoms with E-state index in [1.54, 1.807) is 0 Å². The molecule has 6 heterocycles. The summed E-state index contributed by atoms with van der Waals surface area (Å²) in [6.45, 7) is 0. The molecule has 6 aromatic heterocycles. The van der Waals surface area contributed by atoms with Crippen molar-refractivity contribution >= 4 is 168 Å². The Morgan fingerprint density at radius 3 is 1.33 bits per heavy atom. The van der Waals surface area contributed by atoms with E-state index in [1.165, 1.54) is 59.5 Å². The first-order chi connectivity index (χ1) is 50.0. The van der Waals surface area contributed by atoms with Crippen LogP contribution in [0.25, 0.3) is 203 Å². The molecule has 0 spiro atoms. The molecular weight excluding hydrogens is 1300 g/mol. The largest absolute Gasteiger partial charge is 0.455 e. The molecule has 8 nitrogen and oxygen atoms in total. The normalized spacial score (nSPS) is 11.8. The van der Waals surface area contributed by atoms with Gasteiger partial charge in [-0.1, -0.05) is 283 Å². The van der Waals surface area contributed by atoms with Crippen molar-refractivity contribution in [1.82, 2.24) is 29.5 Å². The van der Waals surface area contributed by atoms with Crippen LogP contribution in [0.1, 0.15) is 0 Å². The van der Waals surface area contributed by atoms with E-state index in [0.717, 1.165) is 143 Å². The Labute approximate surface area is 585 Å². The van der Waals surface area contributed by atoms with Gasteiger partial charge in [0.05, 0.1) is 39.0 Å². The molecule has 0 unspecified atom stereocenters. The minimum Gasteiger partial charge on any atom is -0.455 e. The van der Waals surface area contributed by atoms with Gasteiger partial charge < -0.3 is 18.4 Å². The summed E-state index contributed by atoms with van der Waals surface area (Å²) in [7, 11) is 0. The SMILES string of the molecule is Brc1cccc(-c2nc(-c3ccccc3)nc3ccccc23)c1.c1ccc(-c2nc(-c3cccc(-n4c5ccccc5c5c6c7ccc8ccccc8c7oc6c6ccccc6c54)c3)c3ccccc3n2)cc1.c1ccc2c(c1)ccc1c2oc2c3ccccc3c3[nH]c4ccccc4c3c12. The molecule has 0 aliphatic carbocycles. The fraction of sp³-hybridized carbons (Fsp3) is 0. The third kappa shape index (κ3) is 9.50. The lowest BCUT2D eigenvalue weighted by molar-refractivity contribution is 0.676. The van der Waals surface area contributed by atoms with Crippen molar-refractivity contribution in [2.45, 2.75) is 0 Å². The summed E-state index contributed by atoms with van der Waals surface area (Å²) in [6, 6.07) is 114. The molecule has 0 aliphatic heterocycles. The topological polar surface area (TPSA) is 98.6 Å². The van der Waals surface area contributed by atoms with Gasteiger partial charge in [-0.3, -0.25) is 0 Å². The number of nitrogens with one attached hydrogen (secondary N) is 1. The van der Waals surface area contributed by atoms with E-state index in [0.29, 0.717) is 5.82 Å². The first kappa shape index (κ1) is 58.1. The number of nitrogens with zero attached hydrogens (tertiary/aromatic N) is 5. The molecular formula is C92H55BrN6O2. The zero-order chi connectivity index (χ0) is 66.7. The quantitative estimate of drug-likeness (QED) is 0.184. The standard InChI is InChI=1S/C46H27N3O.C26H15NO.C20H13BrN2/c1-2-14-29(15-3-1)46-47-38-23-10-8-21-35(38)42(48-46)30-16-12-17-31(27-30)49-39-24-11-9-22-36(39)40-41-37-26-25-28-13-4-5-18-32(28)44(37)50-45(41)34-20-7-6-19-33(34)43(40)49;1-2-8-16-15(7-1)13-14-20-23-22-19-11-5-6-12-21(19)27-24(22)17-9-3-4-10-18(17)26(23)28-25(16)20;21-16-10-6-9-15(13-16)19-17-11-4-5-12-18(17)22-20(23-19)14-7-2-1-3-8-14/h1-27H;1-14,27H;1-13H. The number of hydrogen-bond acceptors (Lipinski definition) is 6. The number of rotatable bonds is 5. The van der Waals surface area contributed by atoms with Crippen molar-refractivity contribution in [3.05, 3.63) is 332 Å². The number of aromatic nitrogens is 6. The molecule has 9 heteroatoms. The minimum atomic E-state index is 0.717. The predicted molar refractivity (Wildman–Crippen MR) is 423 cm³/mol. The van der Waals surface area contributed by atoms with E-state index in [4.69, 9.17) is 28.8 Å². The molecule has 0 radical (unpaired) electrons. The number of fused-ring (bicyclic) bond motifs is 26. The zero-order valence-corrected chi connectivity index (χ0v) is 55.7. The summed E-state index contributed by atoms with van der Waals surface area (Å²) in [4.78, 5) is 23.4. The van der Waals surface area contributed by atoms with Gasteiger partial charge in [0.1, 0.15) is 22.3 Å². The van der Waals surface area contributed by atoms with Gasteiger partial charge in [-0.2, -0.15) is 0 Å². The number of aromatic amines is 1. The Bertz CT molecular complexity index is 7110. The summed E-state index contributed by atoms with van der Waals surface area (Å²) in [5.41, 5.74) is 17.4. The summed E-state index contributed by atoms with van der Waals surface area (Å²) in [5, 5.41) is 20.9. The number of halogens is 1. The second-order valence-electron chi connectivity index (χ2n) is 25.6. The molecule has 101 heavy (non-hydrogen) atoms. The molecule has 16 aromatic carbocycles. The first-order valence-corrected chi connectivity index (χ1v) is 34.7. The number of benzene rings is 16. The molecule has 1 N–H and O–H groups in total. The van der Waals surface area contributed by atoms with E-state index in [2.05, 4.69) is 268 Å². The van der Waals surface area contributed by atoms with Crippen LogP contribution in [-0.2, 0) is 0 Å². The van der Waals surface area contributed by atoms with Gasteiger partial charge >= 0.3 is 0 Å². The third-order valence-electron chi connectivity index (χ3n) is 19.9. The van der Waals surface area contributed by atoms with Crippen LogP contribution >= 0.6 is 15.9 Å². The van der Waals surface area contributed by atoms with Crippen LogP contribution in [0.3, 0.4) is 0 Å². The maximum atomic E-state index is 6.89. The summed E-state index contributed by atoms with van der Waals surface area (Å²) < 4.78 is 17.0. The molecule has 22 rings (SSSR count). The van der Waals surface area contributed by atoms with Crippen molar-refractivity contribution < 1.29 is 8.83 Å². The monoisotopic (exact) mass is 1350 g/mol. The second kappa shape index (κ2) is 23.6. The highest BCUT2D eigenvalue weighted by Gasteiger charge is 2.25. The average molecular weight is 1360 g/mol. The van der Waals surface area contributed by atoms with Crippen LogP contribution in [0.4, 0.5) is 0 Å². The summed E-state index contributed by atoms with van der Waals surface area (Å²) in [5.74, 6) is 1.47. The summed E-state index contributed by atoms with van der Waals surface area (Å²) >= 11 is 3.54. The van der Waals surface area contributed by atoms with Gasteiger partial charge in [-0.25, -0.2) is 19.9 Å². The van der Waals surface area contributed by atoms with Crippen molar-refractivity contribution in [1.29, 1.82) is 0 Å². The predicted octanol–water partition coefficient (Wildman–Crippen LogP) is 25.5. The van der Waals surface area contributed by atoms with Crippen LogP contribution < -0.4 is 0 Å². The Hall–Kier alpha value is -13.1. The fourth-order valence-corrected chi connectivity index (χ4v) is 15.8. The molecule has 0 atom stereocenters. The fourth-order valence-electron chi connectivity index (χ4n) is 15.4. The molecule has 0 amide bonds. The van der Waals surface area contributed by atoms with Crippen LogP contribution in [0.2, 0.25) is 0 Å². The van der Waals surface area contributed by atoms with Crippen LogP contribution in [0.5, 0.6) is 0 Å². The second-order valence-corrected chi connectivity index (χ2v) is 26.6. The van der Waals surface area contributed by atoms with Crippen LogP contribution in [0, 0.1) is 0 Å². The molecule has 472 valence electrons. The number of furan rings is 2. The van der Waals surface area contributed by atoms with Gasteiger partial charge in [-0.05, 0) is 71.4 Å². The lowest BCUT2D eigenvalue weighted by atomic mass is 9.98. The lowest BCUT2D eigenvalue weighted by Gasteiger charge is -2.13. The van der Waals surface area contributed by atoms with Gasteiger partial charge in [0.15, 0.2) is 11.6 Å². The van der Waals surface area contributed by atoms with Gasteiger partial charge in [-0.15, -0.1) is 0 Å². The van der Waals surface area contributed by atoms with Crippen LogP contribution in [-0.4, -0.2) is 29.5 Å². The van der Waals surface area contributed by atoms with E-state index >= 15 is 0 Å². The number of para-hydroxylation sites is 4. The van der Waals surface area contributed by atoms with Crippen molar-refractivity contribution in [2.24, 2.45) is 0 Å². The Morgan fingerprint density at radius 1 is 0.287 bits per heavy atom. The lowest BCUT2D eigenvalue weighted by Crippen LogP contribution is -1.98. The Morgan fingerprint density at radius 2 is 0.733 bits per heavy atom. The van der Waals surface area contributed by atoms with Gasteiger partial charge in [0, 0.05) is 124 Å². The Balaban J connectivity index is 0.000000113. The van der Waals surface area contributed by atoms with Crippen molar-refractivity contribution in [2.75, 3.05) is 0 Å². The highest BCUT2D eigenvalue weighted by Crippen LogP contribution is 2.49. The molecule has 0 aliphatic rings. The molecule has 0 saturated carbocycles. The molecule has 22 aromatic rings. The highest BCUT2D eigenvalue weighted by molar-refractivity contribution is 9.10. The van der Waals surface area contributed by atoms with Crippen molar-refractivity contribution in [3.8, 4) is 51.0 Å². The first-order valence-electron chi connectivity index (χ1n) is 33.9. The molecule has 0 fully saturated rings. The van der Waals surface area contributed by atoms with E-state index < -0.39 is 0 Å². The Kier molecular flexibility index (Phi) is 13.6. The molecule has 0 bridgehead atoms. The van der Waals surface area contributed by atoms with Gasteiger partial charge in [0.25, 0.3) is 0 Å². The third-order valence-corrected chi connectivity index (χ3v) is 20.3. The minimum absolute atomic E-state index is 0.717. The van der Waals surface area contributed by atoms with E-state index in [-0.39, 0.29) is 0 Å².